The van der Waals surface area contributed by atoms with Crippen LogP contribution in [0, 0.1) is 0 Å². The van der Waals surface area contributed by atoms with Gasteiger partial charge in [0.1, 0.15) is 0 Å². The molecule has 0 bridgehead atoms. The number of aliphatic hydroxyl groups excluding tert-OH is 1. The summed E-state index contributed by atoms with van der Waals surface area (Å²) >= 11 is 0. The van der Waals surface area contributed by atoms with Gasteiger partial charge in [0.05, 0.1) is 6.61 Å². The maximum absolute atomic E-state index is 8.75. The summed E-state index contributed by atoms with van der Waals surface area (Å²) in [7, 11) is 2.15. The minimum absolute atomic E-state index is 0.0669. The standard InChI is InChI=1S/C11H20N4O2/c1-14-5-7-15(8-6-14)4-2-11-12-10(3-9-16)13-17-11/h16H,2-9H2,1H3. The first-order valence-electron chi connectivity index (χ1n) is 6.11. The lowest BCUT2D eigenvalue weighted by atomic mass is 10.3. The number of piperazine rings is 1. The Morgan fingerprint density at radius 2 is 2.00 bits per heavy atom. The smallest absolute Gasteiger partial charge is 0.227 e. The van der Waals surface area contributed by atoms with Crippen molar-refractivity contribution in [1.82, 2.24) is 19.9 Å². The molecule has 0 spiro atoms. The lowest BCUT2D eigenvalue weighted by Crippen LogP contribution is -2.45. The van der Waals surface area contributed by atoms with Gasteiger partial charge in [0.15, 0.2) is 5.82 Å². The first-order valence-corrected chi connectivity index (χ1v) is 6.11. The summed E-state index contributed by atoms with van der Waals surface area (Å²) in [6, 6.07) is 0. The largest absolute Gasteiger partial charge is 0.396 e. The molecule has 1 aliphatic heterocycles. The average molecular weight is 240 g/mol. The number of likely N-dealkylation sites (N-methyl/N-ethyl adjacent to an activating group) is 1. The fourth-order valence-corrected chi connectivity index (χ4v) is 1.92. The summed E-state index contributed by atoms with van der Waals surface area (Å²) in [4.78, 5) is 8.97. The van der Waals surface area contributed by atoms with Crippen LogP contribution in [0.4, 0.5) is 0 Å². The Labute approximate surface area is 101 Å². The zero-order valence-corrected chi connectivity index (χ0v) is 10.3. The van der Waals surface area contributed by atoms with E-state index in [2.05, 4.69) is 27.0 Å². The van der Waals surface area contributed by atoms with Gasteiger partial charge in [-0.15, -0.1) is 0 Å². The van der Waals surface area contributed by atoms with Gasteiger partial charge in [0.25, 0.3) is 0 Å². The molecule has 1 aromatic rings. The van der Waals surface area contributed by atoms with Crippen LogP contribution in [0.3, 0.4) is 0 Å². The molecule has 0 radical (unpaired) electrons. The monoisotopic (exact) mass is 240 g/mol. The lowest BCUT2D eigenvalue weighted by Gasteiger charge is -2.31. The maximum atomic E-state index is 8.75. The number of nitrogens with zero attached hydrogens (tertiary/aromatic N) is 4. The Morgan fingerprint density at radius 3 is 2.71 bits per heavy atom. The van der Waals surface area contributed by atoms with Crippen LogP contribution in [0.5, 0.6) is 0 Å². The summed E-state index contributed by atoms with van der Waals surface area (Å²) in [6.45, 7) is 5.49. The van der Waals surface area contributed by atoms with Crippen molar-refractivity contribution in [2.75, 3.05) is 46.4 Å². The van der Waals surface area contributed by atoms with E-state index < -0.39 is 0 Å². The Balaban J connectivity index is 1.73. The quantitative estimate of drug-likeness (QED) is 0.741. The predicted molar refractivity (Wildman–Crippen MR) is 62.7 cm³/mol. The van der Waals surface area contributed by atoms with Crippen molar-refractivity contribution in [3.63, 3.8) is 0 Å². The second-order valence-electron chi connectivity index (χ2n) is 4.47. The van der Waals surface area contributed by atoms with Gasteiger partial charge in [-0.25, -0.2) is 0 Å². The molecule has 96 valence electrons. The van der Waals surface area contributed by atoms with E-state index >= 15 is 0 Å². The van der Waals surface area contributed by atoms with Crippen LogP contribution < -0.4 is 0 Å². The normalized spacial score (nSPS) is 18.7. The molecule has 1 N–H and O–H groups in total. The van der Waals surface area contributed by atoms with Crippen LogP contribution in [-0.2, 0) is 12.8 Å². The maximum Gasteiger partial charge on any atom is 0.227 e. The van der Waals surface area contributed by atoms with E-state index in [1.807, 2.05) is 0 Å². The van der Waals surface area contributed by atoms with Crippen molar-refractivity contribution in [3.8, 4) is 0 Å². The molecule has 17 heavy (non-hydrogen) atoms. The van der Waals surface area contributed by atoms with Crippen molar-refractivity contribution >= 4 is 0 Å². The highest BCUT2D eigenvalue weighted by Crippen LogP contribution is 2.03. The third kappa shape index (κ3) is 3.76. The zero-order valence-electron chi connectivity index (χ0n) is 10.3. The summed E-state index contributed by atoms with van der Waals surface area (Å²) in [5.41, 5.74) is 0. The molecule has 0 unspecified atom stereocenters. The summed E-state index contributed by atoms with van der Waals surface area (Å²) in [5, 5.41) is 12.6. The summed E-state index contributed by atoms with van der Waals surface area (Å²) in [6.07, 6.45) is 1.26. The Hall–Kier alpha value is -0.980. The highest BCUT2D eigenvalue weighted by molar-refractivity contribution is 4.87. The molecule has 0 atom stereocenters. The van der Waals surface area contributed by atoms with E-state index in [9.17, 15) is 0 Å². The van der Waals surface area contributed by atoms with Gasteiger partial charge in [0, 0.05) is 45.6 Å². The molecule has 0 saturated carbocycles. The topological polar surface area (TPSA) is 65.6 Å². The second-order valence-corrected chi connectivity index (χ2v) is 4.47. The molecular formula is C11H20N4O2. The van der Waals surface area contributed by atoms with E-state index in [1.165, 1.54) is 0 Å². The third-order valence-electron chi connectivity index (χ3n) is 3.08. The molecule has 6 heteroatoms. The molecule has 1 aliphatic rings. The molecule has 2 rings (SSSR count). The highest BCUT2D eigenvalue weighted by atomic mass is 16.5. The molecule has 2 heterocycles. The van der Waals surface area contributed by atoms with E-state index in [0.29, 0.717) is 18.1 Å². The first kappa shape index (κ1) is 12.5. The Kier molecular flexibility index (Phi) is 4.47. The molecule has 1 aromatic heterocycles. The fourth-order valence-electron chi connectivity index (χ4n) is 1.92. The molecule has 1 saturated heterocycles. The number of hydrogen-bond acceptors (Lipinski definition) is 6. The number of aromatic nitrogens is 2. The van der Waals surface area contributed by atoms with Crippen molar-refractivity contribution in [3.05, 3.63) is 11.7 Å². The summed E-state index contributed by atoms with van der Waals surface area (Å²) in [5.74, 6) is 1.27. The SMILES string of the molecule is CN1CCN(CCc2nc(CCO)no2)CC1. The van der Waals surface area contributed by atoms with Gasteiger partial charge in [-0.05, 0) is 7.05 Å². The minimum Gasteiger partial charge on any atom is -0.396 e. The third-order valence-corrected chi connectivity index (χ3v) is 3.08. The van der Waals surface area contributed by atoms with Gasteiger partial charge in [-0.1, -0.05) is 5.16 Å². The van der Waals surface area contributed by atoms with E-state index in [1.54, 1.807) is 0 Å². The number of hydrogen-bond donors (Lipinski definition) is 1. The second kappa shape index (κ2) is 6.09. The van der Waals surface area contributed by atoms with Crippen LogP contribution in [0.15, 0.2) is 4.52 Å². The van der Waals surface area contributed by atoms with Gasteiger partial charge in [-0.3, -0.25) is 0 Å². The van der Waals surface area contributed by atoms with Crippen molar-refractivity contribution in [2.24, 2.45) is 0 Å². The lowest BCUT2D eigenvalue weighted by molar-refractivity contribution is 0.152. The molecule has 0 amide bonds. The van der Waals surface area contributed by atoms with Crippen molar-refractivity contribution < 1.29 is 9.63 Å². The molecule has 1 fully saturated rings. The molecule has 6 nitrogen and oxygen atoms in total. The van der Waals surface area contributed by atoms with Crippen molar-refractivity contribution in [2.45, 2.75) is 12.8 Å². The van der Waals surface area contributed by atoms with E-state index in [0.717, 1.165) is 39.1 Å². The fraction of sp³-hybridized carbons (Fsp3) is 0.818. The Morgan fingerprint density at radius 1 is 1.24 bits per heavy atom. The van der Waals surface area contributed by atoms with Gasteiger partial charge >= 0.3 is 0 Å². The van der Waals surface area contributed by atoms with Crippen LogP contribution in [0.1, 0.15) is 11.7 Å². The van der Waals surface area contributed by atoms with Gasteiger partial charge in [0.2, 0.25) is 5.89 Å². The van der Waals surface area contributed by atoms with Gasteiger partial charge < -0.3 is 19.4 Å². The molecule has 0 aliphatic carbocycles. The van der Waals surface area contributed by atoms with Crippen LogP contribution >= 0.6 is 0 Å². The average Bonchev–Trinajstić information content (AvgIpc) is 2.77. The first-order chi connectivity index (χ1) is 8.28. The van der Waals surface area contributed by atoms with E-state index in [-0.39, 0.29) is 6.61 Å². The Bertz CT molecular complexity index is 334. The zero-order chi connectivity index (χ0) is 12.1. The predicted octanol–water partition coefficient (Wildman–Crippen LogP) is -0.606. The van der Waals surface area contributed by atoms with Gasteiger partial charge in [-0.2, -0.15) is 4.98 Å². The minimum atomic E-state index is 0.0669. The van der Waals surface area contributed by atoms with Crippen LogP contribution in [0.2, 0.25) is 0 Å². The van der Waals surface area contributed by atoms with Crippen LogP contribution in [0.25, 0.3) is 0 Å². The highest BCUT2D eigenvalue weighted by Gasteiger charge is 2.14. The molecular weight excluding hydrogens is 220 g/mol. The molecule has 0 aromatic carbocycles. The van der Waals surface area contributed by atoms with E-state index in [4.69, 9.17) is 9.63 Å². The summed E-state index contributed by atoms with van der Waals surface area (Å²) < 4.78 is 5.12. The van der Waals surface area contributed by atoms with Crippen LogP contribution in [-0.4, -0.2) is 71.4 Å². The number of rotatable bonds is 5. The van der Waals surface area contributed by atoms with Crippen molar-refractivity contribution in [1.29, 1.82) is 0 Å². The number of aliphatic hydroxyl groups is 1.